The minimum atomic E-state index is -0.923. The van der Waals surface area contributed by atoms with Gasteiger partial charge in [0.15, 0.2) is 0 Å². The molecule has 1 fully saturated rings. The van der Waals surface area contributed by atoms with Crippen molar-refractivity contribution in [1.29, 1.82) is 0 Å². The first kappa shape index (κ1) is 14.4. The van der Waals surface area contributed by atoms with Crippen LogP contribution in [0.2, 0.25) is 0 Å². The molecule has 1 saturated carbocycles. The van der Waals surface area contributed by atoms with Crippen LogP contribution in [-0.4, -0.2) is 23.2 Å². The molecule has 2 unspecified atom stereocenters. The highest BCUT2D eigenvalue weighted by Gasteiger charge is 2.44. The second kappa shape index (κ2) is 5.94. The van der Waals surface area contributed by atoms with Crippen LogP contribution >= 0.6 is 0 Å². The number of aliphatic carboxylic acids is 1. The summed E-state index contributed by atoms with van der Waals surface area (Å²) < 4.78 is 5.15. The third kappa shape index (κ3) is 3.10. The van der Waals surface area contributed by atoms with Gasteiger partial charge in [-0.05, 0) is 31.9 Å². The number of para-hydroxylation sites is 1. The highest BCUT2D eigenvalue weighted by atomic mass is 16.6. The molecule has 0 bridgehead atoms. The van der Waals surface area contributed by atoms with E-state index in [9.17, 15) is 14.7 Å². The molecule has 0 spiro atoms. The van der Waals surface area contributed by atoms with E-state index in [4.69, 9.17) is 4.74 Å². The third-order valence-corrected chi connectivity index (χ3v) is 3.94. The normalized spacial score (nSPS) is 25.8. The van der Waals surface area contributed by atoms with Gasteiger partial charge in [-0.1, -0.05) is 31.0 Å². The SMILES string of the molecule is CC1(C(=O)O)CCCCC1NC(=O)Oc1ccccc1. The van der Waals surface area contributed by atoms with Crippen molar-refractivity contribution >= 4 is 12.1 Å². The van der Waals surface area contributed by atoms with Crippen LogP contribution in [0.1, 0.15) is 32.6 Å². The van der Waals surface area contributed by atoms with Gasteiger partial charge in [0.05, 0.1) is 5.41 Å². The lowest BCUT2D eigenvalue weighted by atomic mass is 9.72. The Balaban J connectivity index is 2.00. The number of benzene rings is 1. The van der Waals surface area contributed by atoms with Crippen molar-refractivity contribution in [3.05, 3.63) is 30.3 Å². The van der Waals surface area contributed by atoms with Crippen molar-refractivity contribution in [2.45, 2.75) is 38.6 Å². The number of carbonyl (C=O) groups is 2. The smallest absolute Gasteiger partial charge is 0.412 e. The van der Waals surface area contributed by atoms with E-state index in [0.717, 1.165) is 12.8 Å². The highest BCUT2D eigenvalue weighted by molar-refractivity contribution is 5.77. The maximum Gasteiger partial charge on any atom is 0.412 e. The third-order valence-electron chi connectivity index (χ3n) is 3.94. The topological polar surface area (TPSA) is 75.6 Å². The number of carboxylic acid groups (broad SMARTS) is 1. The molecule has 0 radical (unpaired) electrons. The minimum Gasteiger partial charge on any atom is -0.481 e. The van der Waals surface area contributed by atoms with Crippen molar-refractivity contribution in [2.24, 2.45) is 5.41 Å². The number of nitrogens with one attached hydrogen (secondary N) is 1. The first-order valence-electron chi connectivity index (χ1n) is 6.79. The molecule has 0 saturated heterocycles. The maximum absolute atomic E-state index is 11.9. The highest BCUT2D eigenvalue weighted by Crippen LogP contribution is 2.36. The van der Waals surface area contributed by atoms with Crippen molar-refractivity contribution in [2.75, 3.05) is 0 Å². The number of rotatable bonds is 3. The summed E-state index contributed by atoms with van der Waals surface area (Å²) in [5.41, 5.74) is -0.923. The molecule has 5 nitrogen and oxygen atoms in total. The predicted molar refractivity (Wildman–Crippen MR) is 73.6 cm³/mol. The van der Waals surface area contributed by atoms with E-state index in [1.54, 1.807) is 31.2 Å². The van der Waals surface area contributed by atoms with Crippen LogP contribution < -0.4 is 10.1 Å². The molecular weight excluding hydrogens is 258 g/mol. The first-order chi connectivity index (χ1) is 9.52. The number of amides is 1. The molecule has 0 heterocycles. The fraction of sp³-hybridized carbons (Fsp3) is 0.467. The maximum atomic E-state index is 11.9. The number of carboxylic acids is 1. The summed E-state index contributed by atoms with van der Waals surface area (Å²) in [4.78, 5) is 23.3. The second-order valence-corrected chi connectivity index (χ2v) is 5.37. The van der Waals surface area contributed by atoms with Gasteiger partial charge in [-0.25, -0.2) is 4.79 Å². The molecule has 2 rings (SSSR count). The lowest BCUT2D eigenvalue weighted by molar-refractivity contribution is -0.151. The molecule has 1 aromatic rings. The van der Waals surface area contributed by atoms with Crippen molar-refractivity contribution < 1.29 is 19.4 Å². The van der Waals surface area contributed by atoms with Crippen LogP contribution in [0.15, 0.2) is 30.3 Å². The molecule has 2 atom stereocenters. The fourth-order valence-electron chi connectivity index (χ4n) is 2.59. The Morgan fingerprint density at radius 1 is 1.30 bits per heavy atom. The number of ether oxygens (including phenoxy) is 1. The molecule has 0 aliphatic heterocycles. The van der Waals surface area contributed by atoms with Gasteiger partial charge in [0, 0.05) is 6.04 Å². The van der Waals surface area contributed by atoms with Gasteiger partial charge in [0.2, 0.25) is 0 Å². The quantitative estimate of drug-likeness (QED) is 0.890. The van der Waals surface area contributed by atoms with Crippen molar-refractivity contribution in [3.63, 3.8) is 0 Å². The molecule has 0 aromatic heterocycles. The lowest BCUT2D eigenvalue weighted by Gasteiger charge is -2.37. The van der Waals surface area contributed by atoms with Crippen LogP contribution in [0, 0.1) is 5.41 Å². The molecule has 5 heteroatoms. The Hall–Kier alpha value is -2.04. The van der Waals surface area contributed by atoms with Crippen LogP contribution in [-0.2, 0) is 4.79 Å². The van der Waals surface area contributed by atoms with Gasteiger partial charge in [0.1, 0.15) is 5.75 Å². The molecule has 2 N–H and O–H groups in total. The molecule has 20 heavy (non-hydrogen) atoms. The number of hydrogen-bond donors (Lipinski definition) is 2. The van der Waals surface area contributed by atoms with Crippen LogP contribution in [0.4, 0.5) is 4.79 Å². The summed E-state index contributed by atoms with van der Waals surface area (Å²) in [5.74, 6) is -0.431. The van der Waals surface area contributed by atoms with E-state index in [0.29, 0.717) is 18.6 Å². The fourth-order valence-corrected chi connectivity index (χ4v) is 2.59. The van der Waals surface area contributed by atoms with E-state index in [-0.39, 0.29) is 0 Å². The summed E-state index contributed by atoms with van der Waals surface area (Å²) in [5, 5.41) is 12.1. The average Bonchev–Trinajstić information content (AvgIpc) is 2.42. The number of carbonyl (C=O) groups excluding carboxylic acids is 1. The monoisotopic (exact) mass is 277 g/mol. The van der Waals surface area contributed by atoms with E-state index in [2.05, 4.69) is 5.32 Å². The zero-order valence-corrected chi connectivity index (χ0v) is 11.5. The van der Waals surface area contributed by atoms with E-state index < -0.39 is 23.5 Å². The van der Waals surface area contributed by atoms with Crippen molar-refractivity contribution in [1.82, 2.24) is 5.32 Å². The Kier molecular flexibility index (Phi) is 4.27. The van der Waals surface area contributed by atoms with E-state index in [1.807, 2.05) is 6.07 Å². The molecule has 108 valence electrons. The molecule has 1 aromatic carbocycles. The summed E-state index contributed by atoms with van der Waals surface area (Å²) in [6.45, 7) is 1.68. The van der Waals surface area contributed by atoms with Gasteiger partial charge in [-0.2, -0.15) is 0 Å². The van der Waals surface area contributed by atoms with E-state index >= 15 is 0 Å². The largest absolute Gasteiger partial charge is 0.481 e. The first-order valence-corrected chi connectivity index (χ1v) is 6.79. The summed E-state index contributed by atoms with van der Waals surface area (Å²) in [7, 11) is 0. The Bertz CT molecular complexity index is 488. The zero-order valence-electron chi connectivity index (χ0n) is 11.5. The molecule has 1 aliphatic carbocycles. The average molecular weight is 277 g/mol. The summed E-state index contributed by atoms with van der Waals surface area (Å²) in [6, 6.07) is 8.32. The minimum absolute atomic E-state index is 0.398. The van der Waals surface area contributed by atoms with Crippen LogP contribution in [0.25, 0.3) is 0 Å². The lowest BCUT2D eigenvalue weighted by Crippen LogP contribution is -2.52. The van der Waals surface area contributed by atoms with Gasteiger partial charge < -0.3 is 15.2 Å². The van der Waals surface area contributed by atoms with Crippen LogP contribution in [0.5, 0.6) is 5.75 Å². The van der Waals surface area contributed by atoms with Gasteiger partial charge in [-0.3, -0.25) is 4.79 Å². The summed E-state index contributed by atoms with van der Waals surface area (Å²) >= 11 is 0. The van der Waals surface area contributed by atoms with Gasteiger partial charge in [-0.15, -0.1) is 0 Å². The zero-order chi connectivity index (χ0) is 14.6. The second-order valence-electron chi connectivity index (χ2n) is 5.37. The van der Waals surface area contributed by atoms with Gasteiger partial charge >= 0.3 is 12.1 Å². The Morgan fingerprint density at radius 2 is 2.00 bits per heavy atom. The molecule has 1 aliphatic rings. The predicted octanol–water partition coefficient (Wildman–Crippen LogP) is 2.81. The molecular formula is C15H19NO4. The van der Waals surface area contributed by atoms with Crippen LogP contribution in [0.3, 0.4) is 0 Å². The summed E-state index contributed by atoms with van der Waals surface area (Å²) in [6.07, 6.45) is 2.41. The molecule has 1 amide bonds. The van der Waals surface area contributed by atoms with Gasteiger partial charge in [0.25, 0.3) is 0 Å². The van der Waals surface area contributed by atoms with Crippen molar-refractivity contribution in [3.8, 4) is 5.75 Å². The van der Waals surface area contributed by atoms with E-state index in [1.165, 1.54) is 0 Å². The number of hydrogen-bond acceptors (Lipinski definition) is 3. The standard InChI is InChI=1S/C15H19NO4/c1-15(13(17)18)10-6-5-9-12(15)16-14(19)20-11-7-3-2-4-8-11/h2-4,7-8,12H,5-6,9-10H2,1H3,(H,16,19)(H,17,18). The Labute approximate surface area is 117 Å². The Morgan fingerprint density at radius 3 is 2.65 bits per heavy atom.